The van der Waals surface area contributed by atoms with Crippen LogP contribution in [0.25, 0.3) is 0 Å². The molecular weight excluding hydrogens is 465 g/mol. The lowest BCUT2D eigenvalue weighted by Crippen LogP contribution is -2.33. The number of halogens is 2. The third-order valence-electron chi connectivity index (χ3n) is 4.83. The van der Waals surface area contributed by atoms with E-state index in [1.165, 1.54) is 6.07 Å². The Morgan fingerprint density at radius 2 is 1.94 bits per heavy atom. The molecule has 170 valence electrons. The molecule has 0 bridgehead atoms. The molecular formula is C24H21ClFN3O3S. The summed E-state index contributed by atoms with van der Waals surface area (Å²) in [6.07, 6.45) is 0. The van der Waals surface area contributed by atoms with Gasteiger partial charge in [-0.15, -0.1) is 11.3 Å². The minimum atomic E-state index is -0.533. The van der Waals surface area contributed by atoms with Crippen molar-refractivity contribution in [1.29, 1.82) is 5.26 Å². The highest BCUT2D eigenvalue weighted by molar-refractivity contribution is 7.18. The van der Waals surface area contributed by atoms with Crippen molar-refractivity contribution in [1.82, 2.24) is 4.90 Å². The van der Waals surface area contributed by atoms with Crippen LogP contribution in [0.15, 0.2) is 48.5 Å². The van der Waals surface area contributed by atoms with Crippen molar-refractivity contribution in [2.24, 2.45) is 0 Å². The van der Waals surface area contributed by atoms with E-state index in [0.717, 1.165) is 29.0 Å². The summed E-state index contributed by atoms with van der Waals surface area (Å²) in [5, 5.41) is 12.2. The molecule has 1 N–H and O–H groups in total. The predicted molar refractivity (Wildman–Crippen MR) is 126 cm³/mol. The number of carbonyl (C=O) groups is 2. The van der Waals surface area contributed by atoms with Crippen molar-refractivity contribution >= 4 is 39.8 Å². The number of thiophene rings is 1. The molecule has 0 atom stereocenters. The highest BCUT2D eigenvalue weighted by Crippen LogP contribution is 2.29. The van der Waals surface area contributed by atoms with Crippen molar-refractivity contribution in [3.8, 4) is 6.07 Å². The predicted octanol–water partition coefficient (Wildman–Crippen LogP) is 5.26. The topological polar surface area (TPSA) is 82.4 Å². The number of ether oxygens (including phenoxy) is 1. The Morgan fingerprint density at radius 3 is 2.58 bits per heavy atom. The molecule has 0 saturated heterocycles. The molecule has 0 aliphatic rings. The lowest BCUT2D eigenvalue weighted by atomic mass is 10.1. The Balaban J connectivity index is 1.78. The summed E-state index contributed by atoms with van der Waals surface area (Å²) in [5.74, 6) is -1.22. The zero-order chi connectivity index (χ0) is 24.0. The molecule has 33 heavy (non-hydrogen) atoms. The Hall–Kier alpha value is -3.25. The molecule has 0 spiro atoms. The Labute approximate surface area is 200 Å². The summed E-state index contributed by atoms with van der Waals surface area (Å²) < 4.78 is 18.4. The van der Waals surface area contributed by atoms with Crippen LogP contribution in [0.1, 0.15) is 36.7 Å². The van der Waals surface area contributed by atoms with Gasteiger partial charge in [0, 0.05) is 20.2 Å². The summed E-state index contributed by atoms with van der Waals surface area (Å²) in [7, 11) is 1.56. The van der Waals surface area contributed by atoms with Crippen LogP contribution in [0, 0.1) is 24.1 Å². The monoisotopic (exact) mass is 485 g/mol. The van der Waals surface area contributed by atoms with Crippen LogP contribution in [0.4, 0.5) is 9.39 Å². The van der Waals surface area contributed by atoms with Crippen LogP contribution >= 0.6 is 22.9 Å². The number of nitriles is 1. The molecule has 0 radical (unpaired) electrons. The first-order valence-electron chi connectivity index (χ1n) is 9.96. The van der Waals surface area contributed by atoms with Gasteiger partial charge in [-0.2, -0.15) is 5.26 Å². The number of methoxy groups -OCH3 is 1. The van der Waals surface area contributed by atoms with Crippen molar-refractivity contribution < 1.29 is 18.7 Å². The second-order valence-electron chi connectivity index (χ2n) is 7.23. The van der Waals surface area contributed by atoms with Gasteiger partial charge >= 0.3 is 0 Å². The fourth-order valence-corrected chi connectivity index (χ4v) is 4.40. The van der Waals surface area contributed by atoms with Gasteiger partial charge in [0.25, 0.3) is 11.8 Å². The molecule has 0 unspecified atom stereocenters. The number of aryl methyl sites for hydroxylation is 1. The van der Waals surface area contributed by atoms with Crippen LogP contribution in [0.2, 0.25) is 5.02 Å². The molecule has 0 aliphatic carbocycles. The summed E-state index contributed by atoms with van der Waals surface area (Å²) in [6, 6.07) is 14.4. The Morgan fingerprint density at radius 1 is 1.21 bits per heavy atom. The Bertz CT molecular complexity index is 1200. The van der Waals surface area contributed by atoms with Gasteiger partial charge in [0.15, 0.2) is 0 Å². The molecule has 6 nitrogen and oxygen atoms in total. The summed E-state index contributed by atoms with van der Waals surface area (Å²) in [4.78, 5) is 28.0. The Kier molecular flexibility index (Phi) is 8.17. The zero-order valence-electron chi connectivity index (χ0n) is 18.0. The van der Waals surface area contributed by atoms with E-state index in [1.807, 2.05) is 12.1 Å². The van der Waals surface area contributed by atoms with Crippen LogP contribution < -0.4 is 5.32 Å². The van der Waals surface area contributed by atoms with Gasteiger partial charge in [-0.05, 0) is 54.4 Å². The lowest BCUT2D eigenvalue weighted by Gasteiger charge is -2.22. The van der Waals surface area contributed by atoms with Gasteiger partial charge in [0.1, 0.15) is 5.82 Å². The maximum atomic E-state index is 13.3. The highest BCUT2D eigenvalue weighted by atomic mass is 35.5. The molecule has 2 amide bonds. The quantitative estimate of drug-likeness (QED) is 0.471. The third kappa shape index (κ3) is 6.17. The van der Waals surface area contributed by atoms with Gasteiger partial charge in [-0.3, -0.25) is 9.59 Å². The van der Waals surface area contributed by atoms with E-state index < -0.39 is 11.7 Å². The summed E-state index contributed by atoms with van der Waals surface area (Å²) >= 11 is 7.13. The van der Waals surface area contributed by atoms with Gasteiger partial charge in [0.2, 0.25) is 0 Å². The van der Waals surface area contributed by atoms with Gasteiger partial charge in [-0.25, -0.2) is 4.39 Å². The van der Waals surface area contributed by atoms with Crippen LogP contribution in [0.3, 0.4) is 0 Å². The summed E-state index contributed by atoms with van der Waals surface area (Å²) in [5.41, 5.74) is 2.28. The number of amides is 2. The van der Waals surface area contributed by atoms with Crippen LogP contribution in [-0.4, -0.2) is 37.0 Å². The minimum Gasteiger partial charge on any atom is -0.383 e. The number of anilines is 1. The zero-order valence-corrected chi connectivity index (χ0v) is 19.6. The number of carbonyl (C=O) groups excluding carboxylic acids is 2. The van der Waals surface area contributed by atoms with E-state index in [9.17, 15) is 14.0 Å². The van der Waals surface area contributed by atoms with Crippen molar-refractivity contribution in [3.05, 3.63) is 86.5 Å². The van der Waals surface area contributed by atoms with E-state index in [0.29, 0.717) is 40.7 Å². The van der Waals surface area contributed by atoms with Crippen LogP contribution in [0.5, 0.6) is 0 Å². The highest BCUT2D eigenvalue weighted by Gasteiger charge is 2.22. The second-order valence-corrected chi connectivity index (χ2v) is 8.69. The van der Waals surface area contributed by atoms with Crippen molar-refractivity contribution in [3.63, 3.8) is 0 Å². The number of hydrogen-bond donors (Lipinski definition) is 1. The minimum absolute atomic E-state index is 0.00485. The number of nitrogens with zero attached hydrogens (tertiary/aromatic N) is 2. The SMILES string of the molecule is COCCN(Cc1ccc(C#N)cc1)C(=O)c1sc(NC(=O)c2ccc(F)cc2Cl)cc1C. The standard InChI is InChI=1S/C24H21ClFN3O3S/c1-15-11-21(28-23(30)19-8-7-18(26)12-20(19)25)33-22(15)24(31)29(9-10-32-2)14-17-5-3-16(13-27)4-6-17/h3-8,11-12H,9-10,14H2,1-2H3,(H,28,30). The van der Waals surface area contributed by atoms with Crippen molar-refractivity contribution in [2.75, 3.05) is 25.6 Å². The molecule has 2 aromatic carbocycles. The van der Waals surface area contributed by atoms with E-state index in [1.54, 1.807) is 37.1 Å². The average molecular weight is 486 g/mol. The summed E-state index contributed by atoms with van der Waals surface area (Å²) in [6.45, 7) is 2.87. The molecule has 1 heterocycles. The van der Waals surface area contributed by atoms with E-state index >= 15 is 0 Å². The van der Waals surface area contributed by atoms with Gasteiger partial charge in [0.05, 0.1) is 38.7 Å². The average Bonchev–Trinajstić information content (AvgIpc) is 3.16. The molecule has 9 heteroatoms. The van der Waals surface area contributed by atoms with E-state index in [2.05, 4.69) is 11.4 Å². The fourth-order valence-electron chi connectivity index (χ4n) is 3.11. The van der Waals surface area contributed by atoms with Crippen molar-refractivity contribution in [2.45, 2.75) is 13.5 Å². The first-order valence-corrected chi connectivity index (χ1v) is 11.2. The first-order chi connectivity index (χ1) is 15.8. The largest absolute Gasteiger partial charge is 0.383 e. The third-order valence-corrected chi connectivity index (χ3v) is 6.29. The maximum Gasteiger partial charge on any atom is 0.264 e. The molecule has 0 aliphatic heterocycles. The van der Waals surface area contributed by atoms with Crippen LogP contribution in [-0.2, 0) is 11.3 Å². The van der Waals surface area contributed by atoms with E-state index in [4.69, 9.17) is 21.6 Å². The van der Waals surface area contributed by atoms with Gasteiger partial charge in [-0.1, -0.05) is 23.7 Å². The van der Waals surface area contributed by atoms with E-state index in [-0.39, 0.29) is 16.5 Å². The smallest absolute Gasteiger partial charge is 0.264 e. The molecule has 1 aromatic heterocycles. The molecule has 0 fully saturated rings. The number of rotatable bonds is 8. The maximum absolute atomic E-state index is 13.3. The normalized spacial score (nSPS) is 10.5. The molecule has 3 rings (SSSR count). The number of nitrogens with one attached hydrogen (secondary N) is 1. The molecule has 0 saturated carbocycles. The fraction of sp³-hybridized carbons (Fsp3) is 0.208. The molecule has 3 aromatic rings. The number of benzene rings is 2. The second kappa shape index (κ2) is 11.1. The number of hydrogen-bond acceptors (Lipinski definition) is 5. The lowest BCUT2D eigenvalue weighted by molar-refractivity contribution is 0.0684. The first kappa shape index (κ1) is 24.4. The van der Waals surface area contributed by atoms with Gasteiger partial charge < -0.3 is 15.0 Å².